The predicted octanol–water partition coefficient (Wildman–Crippen LogP) is 2.82. The topological polar surface area (TPSA) is 53.6 Å². The number of imidazole rings is 1. The van der Waals surface area contributed by atoms with Gasteiger partial charge in [-0.1, -0.05) is 18.2 Å². The summed E-state index contributed by atoms with van der Waals surface area (Å²) in [5.74, 6) is 0.570. The molecule has 0 radical (unpaired) electrons. The molecular formula is C16H15FN4. The number of halogens is 1. The first-order valence-corrected chi connectivity index (χ1v) is 6.71. The van der Waals surface area contributed by atoms with Crippen LogP contribution in [0.2, 0.25) is 0 Å². The maximum absolute atomic E-state index is 13.5. The van der Waals surface area contributed by atoms with Crippen LogP contribution in [0, 0.1) is 5.82 Å². The van der Waals surface area contributed by atoms with Crippen molar-refractivity contribution in [1.29, 1.82) is 0 Å². The van der Waals surface area contributed by atoms with Crippen molar-refractivity contribution in [3.05, 3.63) is 84.0 Å². The molecule has 106 valence electrons. The van der Waals surface area contributed by atoms with Crippen molar-refractivity contribution in [2.24, 2.45) is 0 Å². The van der Waals surface area contributed by atoms with Gasteiger partial charge < -0.3 is 4.98 Å². The number of aromatic amines is 1. The van der Waals surface area contributed by atoms with Crippen LogP contribution in [0.15, 0.2) is 61.1 Å². The third-order valence-corrected chi connectivity index (χ3v) is 3.19. The molecule has 3 rings (SSSR count). The number of rotatable bonds is 5. The molecule has 0 saturated heterocycles. The highest BCUT2D eigenvalue weighted by Crippen LogP contribution is 2.21. The highest BCUT2D eigenvalue weighted by molar-refractivity contribution is 5.28. The number of aromatic nitrogens is 3. The Balaban J connectivity index is 1.87. The van der Waals surface area contributed by atoms with Crippen LogP contribution in [0.25, 0.3) is 0 Å². The van der Waals surface area contributed by atoms with Crippen LogP contribution in [-0.2, 0) is 6.54 Å². The number of benzene rings is 1. The SMILES string of the molecule is Fc1cccc([C@H](NCc2ncc[nH]2)c2ccccn2)c1. The van der Waals surface area contributed by atoms with Gasteiger partial charge in [-0.15, -0.1) is 0 Å². The molecule has 5 heteroatoms. The second-order valence-electron chi connectivity index (χ2n) is 4.66. The largest absolute Gasteiger partial charge is 0.348 e. The Morgan fingerprint density at radius 1 is 1.10 bits per heavy atom. The third kappa shape index (κ3) is 3.32. The molecule has 21 heavy (non-hydrogen) atoms. The second kappa shape index (κ2) is 6.28. The van der Waals surface area contributed by atoms with Gasteiger partial charge in [0.15, 0.2) is 0 Å². The first kappa shape index (κ1) is 13.5. The molecule has 0 aliphatic carbocycles. The van der Waals surface area contributed by atoms with Crippen LogP contribution >= 0.6 is 0 Å². The first-order chi connectivity index (χ1) is 10.3. The Labute approximate surface area is 122 Å². The molecule has 0 amide bonds. The van der Waals surface area contributed by atoms with E-state index in [2.05, 4.69) is 20.3 Å². The molecule has 4 nitrogen and oxygen atoms in total. The minimum atomic E-state index is -0.256. The van der Waals surface area contributed by atoms with Crippen LogP contribution in [-0.4, -0.2) is 15.0 Å². The number of nitrogens with zero attached hydrogens (tertiary/aromatic N) is 2. The summed E-state index contributed by atoms with van der Waals surface area (Å²) in [5, 5.41) is 3.36. The Morgan fingerprint density at radius 3 is 2.76 bits per heavy atom. The van der Waals surface area contributed by atoms with E-state index in [1.165, 1.54) is 12.1 Å². The van der Waals surface area contributed by atoms with Crippen molar-refractivity contribution in [3.8, 4) is 0 Å². The molecule has 0 spiro atoms. The Bertz CT molecular complexity index is 683. The Kier molecular flexibility index (Phi) is 4.02. The van der Waals surface area contributed by atoms with E-state index in [9.17, 15) is 4.39 Å². The molecule has 0 aliphatic heterocycles. The molecular weight excluding hydrogens is 267 g/mol. The third-order valence-electron chi connectivity index (χ3n) is 3.19. The lowest BCUT2D eigenvalue weighted by Gasteiger charge is -2.18. The highest BCUT2D eigenvalue weighted by atomic mass is 19.1. The number of hydrogen-bond donors (Lipinski definition) is 2. The van der Waals surface area contributed by atoms with Gasteiger partial charge in [0, 0.05) is 18.6 Å². The normalized spacial score (nSPS) is 12.2. The molecule has 1 atom stereocenters. The zero-order valence-corrected chi connectivity index (χ0v) is 11.3. The summed E-state index contributed by atoms with van der Waals surface area (Å²) >= 11 is 0. The maximum atomic E-state index is 13.5. The lowest BCUT2D eigenvalue weighted by atomic mass is 10.0. The van der Waals surface area contributed by atoms with Gasteiger partial charge >= 0.3 is 0 Å². The molecule has 0 bridgehead atoms. The van der Waals surface area contributed by atoms with Gasteiger partial charge in [0.2, 0.25) is 0 Å². The zero-order chi connectivity index (χ0) is 14.5. The van der Waals surface area contributed by atoms with Gasteiger partial charge in [-0.3, -0.25) is 10.3 Å². The van der Waals surface area contributed by atoms with Gasteiger partial charge in [0.1, 0.15) is 11.6 Å². The number of pyridine rings is 1. The summed E-state index contributed by atoms with van der Waals surface area (Å²) in [6.07, 6.45) is 5.21. The van der Waals surface area contributed by atoms with Crippen molar-refractivity contribution in [2.75, 3.05) is 0 Å². The smallest absolute Gasteiger partial charge is 0.123 e. The fourth-order valence-electron chi connectivity index (χ4n) is 2.22. The fraction of sp³-hybridized carbons (Fsp3) is 0.125. The molecule has 0 unspecified atom stereocenters. The summed E-state index contributed by atoms with van der Waals surface area (Å²) in [7, 11) is 0. The van der Waals surface area contributed by atoms with E-state index in [4.69, 9.17) is 0 Å². The summed E-state index contributed by atoms with van der Waals surface area (Å²) < 4.78 is 13.5. The van der Waals surface area contributed by atoms with Crippen molar-refractivity contribution < 1.29 is 4.39 Å². The molecule has 3 aromatic rings. The van der Waals surface area contributed by atoms with Gasteiger partial charge in [-0.25, -0.2) is 9.37 Å². The van der Waals surface area contributed by atoms with Crippen LogP contribution in [0.3, 0.4) is 0 Å². The lowest BCUT2D eigenvalue weighted by molar-refractivity contribution is 0.569. The molecule has 2 N–H and O–H groups in total. The highest BCUT2D eigenvalue weighted by Gasteiger charge is 2.15. The van der Waals surface area contributed by atoms with Crippen molar-refractivity contribution in [2.45, 2.75) is 12.6 Å². The summed E-state index contributed by atoms with van der Waals surface area (Å²) in [5.41, 5.74) is 1.68. The average Bonchev–Trinajstić information content (AvgIpc) is 3.02. The minimum Gasteiger partial charge on any atom is -0.348 e. The first-order valence-electron chi connectivity index (χ1n) is 6.71. The maximum Gasteiger partial charge on any atom is 0.123 e. The van der Waals surface area contributed by atoms with E-state index in [1.807, 2.05) is 24.3 Å². The zero-order valence-electron chi connectivity index (χ0n) is 11.3. The quantitative estimate of drug-likeness (QED) is 0.756. The number of nitrogens with one attached hydrogen (secondary N) is 2. The van der Waals surface area contributed by atoms with E-state index >= 15 is 0 Å². The molecule has 1 aromatic carbocycles. The molecule has 2 aromatic heterocycles. The van der Waals surface area contributed by atoms with Crippen LogP contribution < -0.4 is 5.32 Å². The Hall–Kier alpha value is -2.53. The fourth-order valence-corrected chi connectivity index (χ4v) is 2.22. The van der Waals surface area contributed by atoms with E-state index < -0.39 is 0 Å². The Morgan fingerprint density at radius 2 is 2.05 bits per heavy atom. The van der Waals surface area contributed by atoms with Gasteiger partial charge in [-0.05, 0) is 29.8 Å². The summed E-state index contributed by atoms with van der Waals surface area (Å²) in [4.78, 5) is 11.6. The molecule has 0 saturated carbocycles. The molecule has 2 heterocycles. The standard InChI is InChI=1S/C16H15FN4/c17-13-5-3-4-12(10-13)16(14-6-1-2-7-18-14)21-11-15-19-8-9-20-15/h1-10,16,21H,11H2,(H,19,20)/t16-/m0/s1. The van der Waals surface area contributed by atoms with E-state index in [1.54, 1.807) is 24.7 Å². The lowest BCUT2D eigenvalue weighted by Crippen LogP contribution is -2.23. The van der Waals surface area contributed by atoms with Crippen molar-refractivity contribution in [1.82, 2.24) is 20.3 Å². The van der Waals surface area contributed by atoms with Crippen LogP contribution in [0.4, 0.5) is 4.39 Å². The number of hydrogen-bond acceptors (Lipinski definition) is 3. The van der Waals surface area contributed by atoms with Crippen LogP contribution in [0.5, 0.6) is 0 Å². The van der Waals surface area contributed by atoms with E-state index in [0.717, 1.165) is 17.1 Å². The summed E-state index contributed by atoms with van der Waals surface area (Å²) in [6.45, 7) is 0.546. The van der Waals surface area contributed by atoms with Gasteiger partial charge in [0.25, 0.3) is 0 Å². The predicted molar refractivity (Wildman–Crippen MR) is 77.9 cm³/mol. The minimum absolute atomic E-state index is 0.188. The van der Waals surface area contributed by atoms with Crippen molar-refractivity contribution in [3.63, 3.8) is 0 Å². The molecule has 0 aliphatic rings. The monoisotopic (exact) mass is 282 g/mol. The van der Waals surface area contributed by atoms with Crippen LogP contribution in [0.1, 0.15) is 23.1 Å². The van der Waals surface area contributed by atoms with Gasteiger partial charge in [-0.2, -0.15) is 0 Å². The van der Waals surface area contributed by atoms with E-state index in [0.29, 0.717) is 6.54 Å². The molecule has 0 fully saturated rings. The average molecular weight is 282 g/mol. The van der Waals surface area contributed by atoms with Crippen molar-refractivity contribution >= 4 is 0 Å². The second-order valence-corrected chi connectivity index (χ2v) is 4.66. The summed E-state index contributed by atoms with van der Waals surface area (Å²) in [6, 6.07) is 12.1. The van der Waals surface area contributed by atoms with E-state index in [-0.39, 0.29) is 11.9 Å². The number of H-pyrrole nitrogens is 1. The van der Waals surface area contributed by atoms with Gasteiger partial charge in [0.05, 0.1) is 18.3 Å².